The Kier molecular flexibility index (Phi) is 3.81. The number of hydrogen-bond acceptors (Lipinski definition) is 4. The summed E-state index contributed by atoms with van der Waals surface area (Å²) in [6.45, 7) is 1.88. The van der Waals surface area contributed by atoms with E-state index in [0.29, 0.717) is 0 Å². The molecule has 0 radical (unpaired) electrons. The summed E-state index contributed by atoms with van der Waals surface area (Å²) in [6.07, 6.45) is 4.50. The van der Waals surface area contributed by atoms with Crippen LogP contribution in [-0.4, -0.2) is 17.0 Å². The fourth-order valence-electron chi connectivity index (χ4n) is 2.46. The van der Waals surface area contributed by atoms with E-state index in [1.54, 1.807) is 12.1 Å². The molecule has 1 fully saturated rings. The predicted molar refractivity (Wildman–Crippen MR) is 71.7 cm³/mol. The summed E-state index contributed by atoms with van der Waals surface area (Å²) in [5.74, 6) is 0. The van der Waals surface area contributed by atoms with Crippen molar-refractivity contribution in [2.45, 2.75) is 44.7 Å². The summed E-state index contributed by atoms with van der Waals surface area (Å²) in [6, 6.07) is 5.35. The normalized spacial score (nSPS) is 23.7. The molecule has 0 amide bonds. The highest BCUT2D eigenvalue weighted by atomic mass is 16.6. The fraction of sp³-hybridized carbons (Fsp3) is 0.538. The van der Waals surface area contributed by atoms with E-state index in [9.17, 15) is 10.1 Å². The summed E-state index contributed by atoms with van der Waals surface area (Å²) >= 11 is 0. The zero-order valence-electron chi connectivity index (χ0n) is 10.6. The first-order valence-corrected chi connectivity index (χ1v) is 6.35. The number of nitrogens with one attached hydrogen (secondary N) is 1. The highest BCUT2D eigenvalue weighted by Gasteiger charge is 2.22. The summed E-state index contributed by atoms with van der Waals surface area (Å²) < 4.78 is 0. The van der Waals surface area contributed by atoms with Gasteiger partial charge in [-0.15, -0.1) is 0 Å². The lowest BCUT2D eigenvalue weighted by Crippen LogP contribution is -2.42. The number of rotatable bonds is 3. The first kappa shape index (κ1) is 12.8. The van der Waals surface area contributed by atoms with Crippen LogP contribution in [0, 0.1) is 17.0 Å². The molecule has 2 unspecified atom stereocenters. The number of hydrogen-bond donors (Lipinski definition) is 2. The van der Waals surface area contributed by atoms with E-state index in [1.165, 1.54) is 18.9 Å². The predicted octanol–water partition coefficient (Wildman–Crippen LogP) is 2.59. The van der Waals surface area contributed by atoms with Crippen molar-refractivity contribution in [2.24, 2.45) is 5.73 Å². The van der Waals surface area contributed by atoms with Crippen LogP contribution in [-0.2, 0) is 0 Å². The molecule has 1 aromatic carbocycles. The van der Waals surface area contributed by atoms with Gasteiger partial charge in [0.05, 0.1) is 4.92 Å². The maximum Gasteiger partial charge on any atom is 0.269 e. The number of nitrogens with two attached hydrogens (primary N) is 1. The van der Waals surface area contributed by atoms with Gasteiger partial charge in [-0.1, -0.05) is 12.8 Å². The first-order chi connectivity index (χ1) is 8.58. The molecule has 0 bridgehead atoms. The Bertz CT molecular complexity index is 448. The van der Waals surface area contributed by atoms with Gasteiger partial charge in [0.1, 0.15) is 0 Å². The van der Waals surface area contributed by atoms with Crippen molar-refractivity contribution in [1.82, 2.24) is 0 Å². The Morgan fingerprint density at radius 2 is 2.11 bits per heavy atom. The van der Waals surface area contributed by atoms with Gasteiger partial charge in [0.25, 0.3) is 5.69 Å². The maximum absolute atomic E-state index is 10.7. The van der Waals surface area contributed by atoms with Crippen LogP contribution in [0.3, 0.4) is 0 Å². The second-order valence-corrected chi connectivity index (χ2v) is 4.96. The summed E-state index contributed by atoms with van der Waals surface area (Å²) in [7, 11) is 0. The third-order valence-corrected chi connectivity index (χ3v) is 3.58. The fourth-order valence-corrected chi connectivity index (χ4v) is 2.46. The van der Waals surface area contributed by atoms with E-state index in [2.05, 4.69) is 5.32 Å². The lowest BCUT2D eigenvalue weighted by atomic mass is 9.90. The first-order valence-electron chi connectivity index (χ1n) is 6.35. The lowest BCUT2D eigenvalue weighted by molar-refractivity contribution is -0.384. The van der Waals surface area contributed by atoms with Crippen molar-refractivity contribution in [3.8, 4) is 0 Å². The molecule has 1 aromatic rings. The number of aryl methyl sites for hydroxylation is 1. The van der Waals surface area contributed by atoms with Crippen LogP contribution < -0.4 is 11.1 Å². The SMILES string of the molecule is Cc1cc([N+](=O)[O-])ccc1NC1CCCCC1N. The average Bonchev–Trinajstić information content (AvgIpc) is 2.34. The molecular formula is C13H19N3O2. The Morgan fingerprint density at radius 1 is 1.39 bits per heavy atom. The van der Waals surface area contributed by atoms with Gasteiger partial charge in [-0.3, -0.25) is 10.1 Å². The molecule has 0 aliphatic heterocycles. The molecule has 18 heavy (non-hydrogen) atoms. The minimum Gasteiger partial charge on any atom is -0.381 e. The van der Waals surface area contributed by atoms with Crippen LogP contribution in [0.15, 0.2) is 18.2 Å². The zero-order valence-corrected chi connectivity index (χ0v) is 10.6. The molecule has 2 rings (SSSR count). The van der Waals surface area contributed by atoms with Gasteiger partial charge in [-0.2, -0.15) is 0 Å². The van der Waals surface area contributed by atoms with E-state index < -0.39 is 0 Å². The van der Waals surface area contributed by atoms with Crippen molar-refractivity contribution in [1.29, 1.82) is 0 Å². The minimum atomic E-state index is -0.372. The number of nitro benzene ring substituents is 1. The monoisotopic (exact) mass is 249 g/mol. The standard InChI is InChI=1S/C13H19N3O2/c1-9-8-10(16(17)18)6-7-12(9)15-13-5-3-2-4-11(13)14/h6-8,11,13,15H,2-5,14H2,1H3. The molecule has 0 saturated heterocycles. The Morgan fingerprint density at radius 3 is 2.72 bits per heavy atom. The number of non-ortho nitro benzene ring substituents is 1. The van der Waals surface area contributed by atoms with Crippen LogP contribution >= 0.6 is 0 Å². The highest BCUT2D eigenvalue weighted by Crippen LogP contribution is 2.25. The van der Waals surface area contributed by atoms with Gasteiger partial charge in [-0.05, 0) is 31.4 Å². The number of nitrogens with zero attached hydrogens (tertiary/aromatic N) is 1. The number of nitro groups is 1. The largest absolute Gasteiger partial charge is 0.381 e. The van der Waals surface area contributed by atoms with Crippen LogP contribution in [0.1, 0.15) is 31.2 Å². The molecule has 5 nitrogen and oxygen atoms in total. The molecule has 98 valence electrons. The topological polar surface area (TPSA) is 81.2 Å². The minimum absolute atomic E-state index is 0.131. The molecular weight excluding hydrogens is 230 g/mol. The molecule has 1 saturated carbocycles. The van der Waals surface area contributed by atoms with E-state index in [4.69, 9.17) is 5.73 Å². The smallest absolute Gasteiger partial charge is 0.269 e. The third kappa shape index (κ3) is 2.79. The zero-order chi connectivity index (χ0) is 13.1. The quantitative estimate of drug-likeness (QED) is 0.637. The van der Waals surface area contributed by atoms with Crippen molar-refractivity contribution in [3.63, 3.8) is 0 Å². The second kappa shape index (κ2) is 5.35. The summed E-state index contributed by atoms with van der Waals surface area (Å²) in [4.78, 5) is 10.3. The van der Waals surface area contributed by atoms with Crippen molar-refractivity contribution in [2.75, 3.05) is 5.32 Å². The summed E-state index contributed by atoms with van der Waals surface area (Å²) in [5.41, 5.74) is 8.05. The summed E-state index contributed by atoms with van der Waals surface area (Å²) in [5, 5.41) is 14.1. The van der Waals surface area contributed by atoms with Crippen molar-refractivity contribution >= 4 is 11.4 Å². The van der Waals surface area contributed by atoms with Gasteiger partial charge < -0.3 is 11.1 Å². The molecule has 0 aromatic heterocycles. The second-order valence-electron chi connectivity index (χ2n) is 4.96. The molecule has 0 spiro atoms. The molecule has 3 N–H and O–H groups in total. The van der Waals surface area contributed by atoms with Crippen molar-refractivity contribution < 1.29 is 4.92 Å². The third-order valence-electron chi connectivity index (χ3n) is 3.58. The van der Waals surface area contributed by atoms with E-state index >= 15 is 0 Å². The molecule has 5 heteroatoms. The van der Waals surface area contributed by atoms with E-state index in [1.807, 2.05) is 6.92 Å². The van der Waals surface area contributed by atoms with Gasteiger partial charge >= 0.3 is 0 Å². The average molecular weight is 249 g/mol. The Hall–Kier alpha value is -1.62. The van der Waals surface area contributed by atoms with E-state index in [-0.39, 0.29) is 22.7 Å². The highest BCUT2D eigenvalue weighted by molar-refractivity contribution is 5.56. The van der Waals surface area contributed by atoms with Crippen molar-refractivity contribution in [3.05, 3.63) is 33.9 Å². The van der Waals surface area contributed by atoms with Gasteiger partial charge in [0, 0.05) is 29.9 Å². The van der Waals surface area contributed by atoms with Crippen LogP contribution in [0.2, 0.25) is 0 Å². The Balaban J connectivity index is 2.11. The molecule has 1 aliphatic rings. The number of benzene rings is 1. The maximum atomic E-state index is 10.7. The van der Waals surface area contributed by atoms with Gasteiger partial charge in [0.15, 0.2) is 0 Å². The van der Waals surface area contributed by atoms with Crippen LogP contribution in [0.5, 0.6) is 0 Å². The molecule has 2 atom stereocenters. The Labute approximate surface area is 107 Å². The number of anilines is 1. The van der Waals surface area contributed by atoms with Gasteiger partial charge in [-0.25, -0.2) is 0 Å². The van der Waals surface area contributed by atoms with Gasteiger partial charge in [0.2, 0.25) is 0 Å². The van der Waals surface area contributed by atoms with Crippen LogP contribution in [0.4, 0.5) is 11.4 Å². The molecule has 1 aliphatic carbocycles. The molecule has 0 heterocycles. The van der Waals surface area contributed by atoms with Crippen LogP contribution in [0.25, 0.3) is 0 Å². The van der Waals surface area contributed by atoms with E-state index in [0.717, 1.165) is 24.1 Å². The lowest BCUT2D eigenvalue weighted by Gasteiger charge is -2.30.